The number of benzene rings is 2. The summed E-state index contributed by atoms with van der Waals surface area (Å²) in [5.74, 6) is 0.966. The summed E-state index contributed by atoms with van der Waals surface area (Å²) in [7, 11) is 0. The number of thioether (sulfide) groups is 1. The first-order valence-corrected chi connectivity index (χ1v) is 9.17. The molecule has 6 heteroatoms. The smallest absolute Gasteiger partial charge is 0.210 e. The predicted octanol–water partition coefficient (Wildman–Crippen LogP) is 3.48. The van der Waals surface area contributed by atoms with Crippen molar-refractivity contribution in [2.24, 2.45) is 0 Å². The van der Waals surface area contributed by atoms with Gasteiger partial charge in [-0.15, -0.1) is 10.2 Å². The number of aromatic nitrogens is 3. The predicted molar refractivity (Wildman–Crippen MR) is 98.4 cm³/mol. The summed E-state index contributed by atoms with van der Waals surface area (Å²) in [6.07, 6.45) is 0.777. The first-order chi connectivity index (χ1) is 12.3. The summed E-state index contributed by atoms with van der Waals surface area (Å²) < 4.78 is 1.91. The molecule has 2 heterocycles. The van der Waals surface area contributed by atoms with E-state index in [-0.39, 0.29) is 17.1 Å². The molecule has 1 N–H and O–H groups in total. The van der Waals surface area contributed by atoms with E-state index in [2.05, 4.69) is 15.6 Å². The molecule has 1 aliphatic heterocycles. The van der Waals surface area contributed by atoms with Gasteiger partial charge in [0.1, 0.15) is 5.25 Å². The number of carbonyl (C=O) groups is 1. The summed E-state index contributed by atoms with van der Waals surface area (Å²) in [5.41, 5.74) is 5.25. The lowest BCUT2D eigenvalue weighted by molar-refractivity contribution is 0.0980. The van der Waals surface area contributed by atoms with Crippen LogP contribution in [-0.4, -0.2) is 25.9 Å². The van der Waals surface area contributed by atoms with Crippen molar-refractivity contribution < 1.29 is 4.79 Å². The maximum absolute atomic E-state index is 13.2. The number of ketones is 1. The molecule has 2 aromatic carbocycles. The van der Waals surface area contributed by atoms with Crippen LogP contribution in [0, 0.1) is 0 Å². The highest BCUT2D eigenvalue weighted by atomic mass is 32.2. The summed E-state index contributed by atoms with van der Waals surface area (Å²) in [6.45, 7) is 2.04. The number of hydrogen-bond donors (Lipinski definition) is 1. The quantitative estimate of drug-likeness (QED) is 0.730. The molecule has 0 fully saturated rings. The highest BCUT2D eigenvalue weighted by Gasteiger charge is 2.37. The van der Waals surface area contributed by atoms with Gasteiger partial charge in [-0.3, -0.25) is 4.79 Å². The van der Waals surface area contributed by atoms with Crippen LogP contribution in [0.5, 0.6) is 0 Å². The Morgan fingerprint density at radius 1 is 1.08 bits per heavy atom. The normalized spacial score (nSPS) is 19.1. The minimum Gasteiger partial charge on any atom is -0.313 e. The Balaban J connectivity index is 1.76. The van der Waals surface area contributed by atoms with Crippen LogP contribution < -0.4 is 5.43 Å². The van der Waals surface area contributed by atoms with Crippen LogP contribution in [-0.2, 0) is 6.42 Å². The fraction of sp³-hybridized carbons (Fsp3) is 0.211. The Bertz CT molecular complexity index is 879. The second-order valence-corrected chi connectivity index (χ2v) is 6.98. The van der Waals surface area contributed by atoms with E-state index >= 15 is 0 Å². The molecule has 0 spiro atoms. The van der Waals surface area contributed by atoms with Crippen molar-refractivity contribution in [3.63, 3.8) is 0 Å². The molecule has 0 unspecified atom stereocenters. The topological polar surface area (TPSA) is 59.8 Å². The van der Waals surface area contributed by atoms with Crippen molar-refractivity contribution in [3.8, 4) is 0 Å². The number of rotatable bonds is 4. The lowest BCUT2D eigenvalue weighted by Gasteiger charge is -2.33. The Labute approximate surface area is 150 Å². The summed E-state index contributed by atoms with van der Waals surface area (Å²) in [6, 6.07) is 19.3. The zero-order valence-corrected chi connectivity index (χ0v) is 14.6. The Morgan fingerprint density at radius 3 is 2.44 bits per heavy atom. The molecule has 0 aliphatic carbocycles. The molecule has 2 atom stereocenters. The van der Waals surface area contributed by atoms with Gasteiger partial charge in [-0.25, -0.2) is 4.68 Å². The first kappa shape index (κ1) is 15.9. The monoisotopic (exact) mass is 350 g/mol. The van der Waals surface area contributed by atoms with Gasteiger partial charge in [0.2, 0.25) is 5.16 Å². The SMILES string of the molecule is CCc1nnc2n1N[C@@H](c1ccccc1)[C@@H](C(=O)c1ccccc1)S2. The number of Topliss-reactive ketones (excluding diaryl/α,β-unsaturated/α-hetero) is 1. The summed E-state index contributed by atoms with van der Waals surface area (Å²) in [4.78, 5) is 13.2. The fourth-order valence-electron chi connectivity index (χ4n) is 3.00. The molecule has 3 aromatic rings. The minimum absolute atomic E-state index is 0.0965. The third-order valence-corrected chi connectivity index (χ3v) is 5.51. The van der Waals surface area contributed by atoms with E-state index in [1.807, 2.05) is 72.3 Å². The van der Waals surface area contributed by atoms with Crippen molar-refractivity contribution in [3.05, 3.63) is 77.6 Å². The molecule has 0 amide bonds. The second kappa shape index (κ2) is 6.72. The number of hydrogen-bond acceptors (Lipinski definition) is 5. The standard InChI is InChI=1S/C19H18N4OS/c1-2-15-20-21-19-23(15)22-16(13-9-5-3-6-10-13)18(25-19)17(24)14-11-7-4-8-12-14/h3-12,16,18,22H,2H2,1H3/t16-,18-/m0/s1. The summed E-state index contributed by atoms with van der Waals surface area (Å²) >= 11 is 1.48. The number of nitrogens with zero attached hydrogens (tertiary/aromatic N) is 3. The van der Waals surface area contributed by atoms with Crippen LogP contribution in [0.15, 0.2) is 65.8 Å². The van der Waals surface area contributed by atoms with Crippen molar-refractivity contribution in [1.82, 2.24) is 14.9 Å². The minimum atomic E-state index is -0.300. The van der Waals surface area contributed by atoms with Crippen LogP contribution >= 0.6 is 11.8 Å². The van der Waals surface area contributed by atoms with Gasteiger partial charge in [0.25, 0.3) is 0 Å². The van der Waals surface area contributed by atoms with Gasteiger partial charge >= 0.3 is 0 Å². The van der Waals surface area contributed by atoms with E-state index in [1.54, 1.807) is 0 Å². The summed E-state index contributed by atoms with van der Waals surface area (Å²) in [5, 5.41) is 8.91. The largest absolute Gasteiger partial charge is 0.313 e. The van der Waals surface area contributed by atoms with Crippen molar-refractivity contribution in [1.29, 1.82) is 0 Å². The number of carbonyl (C=O) groups excluding carboxylic acids is 1. The maximum atomic E-state index is 13.2. The number of fused-ring (bicyclic) bond motifs is 1. The van der Waals surface area contributed by atoms with Crippen LogP contribution in [0.1, 0.15) is 34.7 Å². The van der Waals surface area contributed by atoms with Crippen LogP contribution in [0.3, 0.4) is 0 Å². The van der Waals surface area contributed by atoms with Gasteiger partial charge in [-0.1, -0.05) is 79.3 Å². The average Bonchev–Trinajstić information content (AvgIpc) is 3.10. The molecule has 126 valence electrons. The zero-order valence-electron chi connectivity index (χ0n) is 13.8. The maximum Gasteiger partial charge on any atom is 0.210 e. The molecular formula is C19H18N4OS. The van der Waals surface area contributed by atoms with Gasteiger partial charge in [0.15, 0.2) is 11.6 Å². The highest BCUT2D eigenvalue weighted by Crippen LogP contribution is 2.38. The van der Waals surface area contributed by atoms with Crippen molar-refractivity contribution in [2.75, 3.05) is 5.43 Å². The fourth-order valence-corrected chi connectivity index (χ4v) is 4.18. The Morgan fingerprint density at radius 2 is 1.76 bits per heavy atom. The van der Waals surface area contributed by atoms with E-state index in [1.165, 1.54) is 11.8 Å². The number of nitrogens with one attached hydrogen (secondary N) is 1. The Kier molecular flexibility index (Phi) is 4.28. The van der Waals surface area contributed by atoms with E-state index < -0.39 is 0 Å². The van der Waals surface area contributed by atoms with E-state index in [0.717, 1.165) is 23.0 Å². The molecule has 4 rings (SSSR count). The van der Waals surface area contributed by atoms with Crippen LogP contribution in [0.2, 0.25) is 0 Å². The zero-order chi connectivity index (χ0) is 17.2. The molecule has 0 radical (unpaired) electrons. The van der Waals surface area contributed by atoms with Crippen LogP contribution in [0.25, 0.3) is 0 Å². The average molecular weight is 350 g/mol. The number of aryl methyl sites for hydroxylation is 1. The van der Waals surface area contributed by atoms with Gasteiger partial charge in [-0.05, 0) is 5.56 Å². The molecule has 0 bridgehead atoms. The molecule has 5 nitrogen and oxygen atoms in total. The molecule has 1 aliphatic rings. The van der Waals surface area contributed by atoms with E-state index in [0.29, 0.717) is 5.56 Å². The second-order valence-electron chi connectivity index (χ2n) is 5.87. The van der Waals surface area contributed by atoms with Crippen molar-refractivity contribution >= 4 is 17.5 Å². The third-order valence-electron chi connectivity index (χ3n) is 4.30. The molecule has 25 heavy (non-hydrogen) atoms. The van der Waals surface area contributed by atoms with Gasteiger partial charge < -0.3 is 5.43 Å². The van der Waals surface area contributed by atoms with Crippen LogP contribution in [0.4, 0.5) is 0 Å². The molecule has 1 aromatic heterocycles. The van der Waals surface area contributed by atoms with Crippen molar-refractivity contribution in [2.45, 2.75) is 29.8 Å². The molecular weight excluding hydrogens is 332 g/mol. The van der Waals surface area contributed by atoms with E-state index in [4.69, 9.17) is 0 Å². The highest BCUT2D eigenvalue weighted by molar-refractivity contribution is 8.00. The molecule has 0 saturated heterocycles. The lowest BCUT2D eigenvalue weighted by atomic mass is 9.97. The van der Waals surface area contributed by atoms with Gasteiger partial charge in [0, 0.05) is 12.0 Å². The van der Waals surface area contributed by atoms with Gasteiger partial charge in [0.05, 0.1) is 6.04 Å². The van der Waals surface area contributed by atoms with Gasteiger partial charge in [-0.2, -0.15) is 0 Å². The van der Waals surface area contributed by atoms with E-state index in [9.17, 15) is 4.79 Å². The molecule has 0 saturated carbocycles. The lowest BCUT2D eigenvalue weighted by Crippen LogP contribution is -2.39. The Hall–Kier alpha value is -2.60. The first-order valence-electron chi connectivity index (χ1n) is 8.29. The third kappa shape index (κ3) is 2.93.